The van der Waals surface area contributed by atoms with Gasteiger partial charge in [-0.15, -0.1) is 0 Å². The zero-order chi connectivity index (χ0) is 21.3. The van der Waals surface area contributed by atoms with E-state index >= 15 is 0 Å². The molecule has 0 fully saturated rings. The van der Waals surface area contributed by atoms with E-state index in [2.05, 4.69) is 33.9 Å². The summed E-state index contributed by atoms with van der Waals surface area (Å²) < 4.78 is 15.1. The molecule has 8 heteroatoms. The van der Waals surface area contributed by atoms with Gasteiger partial charge in [-0.3, -0.25) is 9.63 Å². The fraction of sp³-hybridized carbons (Fsp3) is 0.227. The first-order valence-corrected chi connectivity index (χ1v) is 9.65. The summed E-state index contributed by atoms with van der Waals surface area (Å²) in [5.74, 6) is 0.454. The maximum Gasteiger partial charge on any atom is 0.274 e. The summed E-state index contributed by atoms with van der Waals surface area (Å²) in [6.45, 7) is 4.97. The average Bonchev–Trinajstić information content (AvgIpc) is 3.07. The van der Waals surface area contributed by atoms with E-state index in [1.807, 2.05) is 24.3 Å². The number of nitrogens with one attached hydrogen (secondary N) is 1. The lowest BCUT2D eigenvalue weighted by molar-refractivity contribution is 0.0199. The first kappa shape index (κ1) is 19.8. The summed E-state index contributed by atoms with van der Waals surface area (Å²) in [4.78, 5) is 26.7. The number of para-hydroxylation sites is 1. The molecule has 2 aromatic heterocycles. The molecule has 30 heavy (non-hydrogen) atoms. The van der Waals surface area contributed by atoms with E-state index in [1.54, 1.807) is 0 Å². The van der Waals surface area contributed by atoms with Crippen molar-refractivity contribution < 1.29 is 14.0 Å². The van der Waals surface area contributed by atoms with E-state index in [0.29, 0.717) is 35.2 Å². The van der Waals surface area contributed by atoms with Crippen LogP contribution < -0.4 is 11.2 Å². The van der Waals surface area contributed by atoms with Crippen LogP contribution in [0.2, 0.25) is 0 Å². The van der Waals surface area contributed by atoms with Crippen LogP contribution in [0.5, 0.6) is 0 Å². The first-order valence-electron chi connectivity index (χ1n) is 9.65. The van der Waals surface area contributed by atoms with Crippen molar-refractivity contribution in [1.82, 2.24) is 20.0 Å². The van der Waals surface area contributed by atoms with Crippen molar-refractivity contribution in [1.29, 1.82) is 0 Å². The Bertz CT molecular complexity index is 1220. The maximum absolute atomic E-state index is 13.0. The average molecular weight is 407 g/mol. The van der Waals surface area contributed by atoms with Crippen LogP contribution in [-0.4, -0.2) is 20.4 Å². The summed E-state index contributed by atoms with van der Waals surface area (Å²) in [5.41, 5.74) is 11.2. The molecule has 154 valence electrons. The van der Waals surface area contributed by atoms with Crippen molar-refractivity contribution in [3.63, 3.8) is 0 Å². The predicted molar refractivity (Wildman–Crippen MR) is 113 cm³/mol. The monoisotopic (exact) mass is 407 g/mol. The van der Waals surface area contributed by atoms with Crippen LogP contribution in [0.4, 0.5) is 10.2 Å². The van der Waals surface area contributed by atoms with E-state index in [-0.39, 0.29) is 6.61 Å². The number of carbonyl (C=O) groups is 1. The Balaban J connectivity index is 1.64. The number of fused-ring (bicyclic) bond motifs is 3. The molecule has 4 aromatic rings. The lowest BCUT2D eigenvalue weighted by Crippen LogP contribution is -2.24. The van der Waals surface area contributed by atoms with Gasteiger partial charge in [0.1, 0.15) is 23.8 Å². The molecule has 0 spiro atoms. The molecule has 1 amide bonds. The number of halogens is 1. The van der Waals surface area contributed by atoms with Gasteiger partial charge in [0.2, 0.25) is 0 Å². The smallest absolute Gasteiger partial charge is 0.274 e. The molecular formula is C22H22FN5O2. The topological polar surface area (TPSA) is 95.1 Å². The summed E-state index contributed by atoms with van der Waals surface area (Å²) in [6, 6.07) is 13.0. The van der Waals surface area contributed by atoms with E-state index < -0.39 is 11.7 Å². The van der Waals surface area contributed by atoms with Gasteiger partial charge in [0.25, 0.3) is 5.91 Å². The number of carbonyl (C=O) groups excluding carboxylic acids is 1. The van der Waals surface area contributed by atoms with Gasteiger partial charge in [0, 0.05) is 17.5 Å². The number of rotatable bonds is 6. The van der Waals surface area contributed by atoms with Gasteiger partial charge < -0.3 is 10.3 Å². The largest absolute Gasteiger partial charge is 0.382 e. The van der Waals surface area contributed by atoms with Gasteiger partial charge in [-0.25, -0.2) is 19.8 Å². The lowest BCUT2D eigenvalue weighted by Gasteiger charge is -2.13. The minimum Gasteiger partial charge on any atom is -0.382 e. The van der Waals surface area contributed by atoms with Crippen LogP contribution >= 0.6 is 0 Å². The molecule has 2 aromatic carbocycles. The van der Waals surface area contributed by atoms with Crippen molar-refractivity contribution in [2.24, 2.45) is 5.92 Å². The number of benzene rings is 2. The van der Waals surface area contributed by atoms with Crippen LogP contribution in [0.25, 0.3) is 21.9 Å². The molecule has 0 saturated carbocycles. The number of amides is 1. The number of nitrogen functional groups attached to an aromatic ring is 1. The predicted octanol–water partition coefficient (Wildman–Crippen LogP) is 3.82. The Morgan fingerprint density at radius 3 is 2.63 bits per heavy atom. The Hall–Kier alpha value is -3.52. The van der Waals surface area contributed by atoms with Crippen molar-refractivity contribution in [2.75, 3.05) is 5.73 Å². The highest BCUT2D eigenvalue weighted by Gasteiger charge is 2.18. The fourth-order valence-electron chi connectivity index (χ4n) is 3.40. The van der Waals surface area contributed by atoms with Crippen molar-refractivity contribution in [3.05, 3.63) is 65.7 Å². The quantitative estimate of drug-likeness (QED) is 0.474. The molecule has 0 unspecified atom stereocenters. The Kier molecular flexibility index (Phi) is 5.33. The molecule has 4 rings (SSSR count). The highest BCUT2D eigenvalue weighted by molar-refractivity contribution is 6.06. The fourth-order valence-corrected chi connectivity index (χ4v) is 3.40. The first-order chi connectivity index (χ1) is 14.4. The normalized spacial score (nSPS) is 11.5. The second-order valence-corrected chi connectivity index (χ2v) is 7.47. The zero-order valence-electron chi connectivity index (χ0n) is 16.7. The number of pyridine rings is 1. The third-order valence-electron chi connectivity index (χ3n) is 4.71. The molecular weight excluding hydrogens is 385 g/mol. The number of hydroxylamine groups is 1. The van der Waals surface area contributed by atoms with Gasteiger partial charge in [-0.05, 0) is 36.2 Å². The summed E-state index contributed by atoms with van der Waals surface area (Å²) in [7, 11) is 0. The van der Waals surface area contributed by atoms with Gasteiger partial charge in [0.15, 0.2) is 5.82 Å². The third-order valence-corrected chi connectivity index (χ3v) is 4.71. The molecule has 3 N–H and O–H groups in total. The highest BCUT2D eigenvalue weighted by Crippen LogP contribution is 2.29. The van der Waals surface area contributed by atoms with Crippen LogP contribution in [0, 0.1) is 11.7 Å². The van der Waals surface area contributed by atoms with Crippen LogP contribution in [0.1, 0.15) is 30.0 Å². The van der Waals surface area contributed by atoms with Gasteiger partial charge >= 0.3 is 0 Å². The van der Waals surface area contributed by atoms with Crippen molar-refractivity contribution in [3.8, 4) is 0 Å². The van der Waals surface area contributed by atoms with Crippen LogP contribution in [-0.2, 0) is 18.0 Å². The molecule has 0 saturated heterocycles. The number of anilines is 1. The van der Waals surface area contributed by atoms with E-state index in [1.165, 1.54) is 24.3 Å². The summed E-state index contributed by atoms with van der Waals surface area (Å²) in [5, 5.41) is 0.955. The standard InChI is InChI=1S/C22H22FN5O2/c1-13(2)11-28-18(12-30-27-22(29)14-7-9-15(23)10-8-14)26-19-20(28)16-5-3-4-6-17(16)25-21(19)24/h3-10,13H,11-12H2,1-2H3,(H2,24,25)(H,27,29). The SMILES string of the molecule is CC(C)Cn1c(CONC(=O)c2ccc(F)cc2)nc2c(N)nc3ccccc3c21. The van der Waals surface area contributed by atoms with Crippen molar-refractivity contribution >= 4 is 33.7 Å². The Morgan fingerprint density at radius 1 is 1.17 bits per heavy atom. The zero-order valence-corrected chi connectivity index (χ0v) is 16.7. The second kappa shape index (κ2) is 8.08. The van der Waals surface area contributed by atoms with E-state index in [9.17, 15) is 9.18 Å². The number of hydrogen-bond donors (Lipinski definition) is 2. The van der Waals surface area contributed by atoms with Crippen LogP contribution in [0.15, 0.2) is 48.5 Å². The maximum atomic E-state index is 13.0. The second-order valence-electron chi connectivity index (χ2n) is 7.47. The number of aromatic nitrogens is 3. The van der Waals surface area contributed by atoms with E-state index in [0.717, 1.165) is 16.4 Å². The molecule has 0 atom stereocenters. The van der Waals surface area contributed by atoms with Gasteiger partial charge in [-0.2, -0.15) is 0 Å². The minimum atomic E-state index is -0.465. The molecule has 0 aliphatic carbocycles. The highest BCUT2D eigenvalue weighted by atomic mass is 19.1. The molecule has 0 bridgehead atoms. The Morgan fingerprint density at radius 2 is 1.90 bits per heavy atom. The molecule has 7 nitrogen and oxygen atoms in total. The molecule has 0 radical (unpaired) electrons. The van der Waals surface area contributed by atoms with Crippen LogP contribution in [0.3, 0.4) is 0 Å². The third kappa shape index (κ3) is 3.81. The lowest BCUT2D eigenvalue weighted by atomic mass is 10.1. The number of imidazole rings is 1. The summed E-state index contributed by atoms with van der Waals surface area (Å²) >= 11 is 0. The number of nitrogens with two attached hydrogens (primary N) is 1. The molecule has 0 aliphatic heterocycles. The number of nitrogens with zero attached hydrogens (tertiary/aromatic N) is 3. The minimum absolute atomic E-state index is 0.0438. The van der Waals surface area contributed by atoms with Crippen molar-refractivity contribution in [2.45, 2.75) is 27.0 Å². The Labute approximate surface area is 172 Å². The molecule has 2 heterocycles. The van der Waals surface area contributed by atoms with Gasteiger partial charge in [0.05, 0.1) is 11.0 Å². The molecule has 0 aliphatic rings. The van der Waals surface area contributed by atoms with Gasteiger partial charge in [-0.1, -0.05) is 32.0 Å². The summed E-state index contributed by atoms with van der Waals surface area (Å²) in [6.07, 6.45) is 0. The van der Waals surface area contributed by atoms with E-state index in [4.69, 9.17) is 10.6 Å². The number of hydrogen-bond acceptors (Lipinski definition) is 5.